The number of tetrazole rings is 1. The Morgan fingerprint density at radius 3 is 3.08 bits per heavy atom. The third-order valence-electron chi connectivity index (χ3n) is 1.78. The second kappa shape index (κ2) is 3.02. The molecule has 1 aromatic rings. The van der Waals surface area contributed by atoms with Crippen LogP contribution in [0.2, 0.25) is 0 Å². The number of hydrogen-bond acceptors (Lipinski definition) is 3. The molecule has 1 N–H and O–H groups in total. The number of rotatable bonds is 1. The van der Waals surface area contributed by atoms with Gasteiger partial charge in [0, 0.05) is 0 Å². The van der Waals surface area contributed by atoms with E-state index in [2.05, 4.69) is 27.7 Å². The molecule has 0 spiro atoms. The van der Waals surface area contributed by atoms with Gasteiger partial charge in [-0.05, 0) is 18.6 Å². The summed E-state index contributed by atoms with van der Waals surface area (Å²) in [6, 6.07) is 0.248. The highest BCUT2D eigenvalue weighted by molar-refractivity contribution is 7.71. The van der Waals surface area contributed by atoms with Gasteiger partial charge in [0.1, 0.15) is 0 Å². The fourth-order valence-corrected chi connectivity index (χ4v) is 1.40. The third-order valence-corrected chi connectivity index (χ3v) is 2.06. The summed E-state index contributed by atoms with van der Waals surface area (Å²) in [7, 11) is 0. The number of H-pyrrole nitrogens is 1. The molecule has 0 aromatic carbocycles. The van der Waals surface area contributed by atoms with E-state index in [0.717, 1.165) is 6.42 Å². The highest BCUT2D eigenvalue weighted by atomic mass is 32.1. The van der Waals surface area contributed by atoms with Gasteiger partial charge in [-0.2, -0.15) is 5.21 Å². The minimum Gasteiger partial charge on any atom is -0.235 e. The van der Waals surface area contributed by atoms with Gasteiger partial charge in [0.2, 0.25) is 4.77 Å². The molecule has 1 atom stereocenters. The molecule has 0 fully saturated rings. The first-order valence-electron chi connectivity index (χ1n) is 3.71. The standard InChI is InChI=1S/C7H8N4S/c12-7-8-9-10-11(7)6-4-2-1-3-5-6/h1-4,6H,5H2,(H,8,10,12). The lowest BCUT2D eigenvalue weighted by Crippen LogP contribution is -2.08. The maximum Gasteiger partial charge on any atom is 0.238 e. The Bertz CT molecular complexity index is 373. The van der Waals surface area contributed by atoms with E-state index in [4.69, 9.17) is 12.2 Å². The average molecular weight is 180 g/mol. The molecule has 12 heavy (non-hydrogen) atoms. The van der Waals surface area contributed by atoms with Crippen molar-refractivity contribution in [1.29, 1.82) is 0 Å². The van der Waals surface area contributed by atoms with E-state index in [-0.39, 0.29) is 6.04 Å². The smallest absolute Gasteiger partial charge is 0.235 e. The fraction of sp³-hybridized carbons (Fsp3) is 0.286. The molecule has 4 nitrogen and oxygen atoms in total. The Hall–Kier alpha value is -1.23. The molecule has 0 bridgehead atoms. The van der Waals surface area contributed by atoms with E-state index >= 15 is 0 Å². The van der Waals surface area contributed by atoms with Gasteiger partial charge in [0.15, 0.2) is 0 Å². The normalized spacial score (nSPS) is 21.5. The molecule has 1 unspecified atom stereocenters. The summed E-state index contributed by atoms with van der Waals surface area (Å²) < 4.78 is 2.27. The number of allylic oxidation sites excluding steroid dienone is 4. The maximum atomic E-state index is 4.97. The molecule has 62 valence electrons. The minimum atomic E-state index is 0.248. The summed E-state index contributed by atoms with van der Waals surface area (Å²) in [5.41, 5.74) is 0. The van der Waals surface area contributed by atoms with E-state index in [1.54, 1.807) is 4.68 Å². The number of aromatic nitrogens is 4. The first-order chi connectivity index (χ1) is 5.88. The largest absolute Gasteiger partial charge is 0.238 e. The molecule has 0 saturated heterocycles. The summed E-state index contributed by atoms with van der Waals surface area (Å²) >= 11 is 4.97. The van der Waals surface area contributed by atoms with Crippen LogP contribution < -0.4 is 0 Å². The van der Waals surface area contributed by atoms with Gasteiger partial charge in [0.05, 0.1) is 6.04 Å². The Morgan fingerprint density at radius 1 is 1.58 bits per heavy atom. The SMILES string of the molecule is S=c1nn[nH]n1C1C=CC=CC1. The molecule has 0 amide bonds. The van der Waals surface area contributed by atoms with Gasteiger partial charge in [0.25, 0.3) is 0 Å². The zero-order chi connectivity index (χ0) is 8.39. The zero-order valence-electron chi connectivity index (χ0n) is 6.34. The predicted octanol–water partition coefficient (Wildman–Crippen LogP) is 1.39. The van der Waals surface area contributed by atoms with Crippen LogP contribution in [0.5, 0.6) is 0 Å². The molecule has 2 rings (SSSR count). The lowest BCUT2D eigenvalue weighted by molar-refractivity contribution is 0.517. The quantitative estimate of drug-likeness (QED) is 0.664. The lowest BCUT2D eigenvalue weighted by Gasteiger charge is -2.12. The van der Waals surface area contributed by atoms with Crippen LogP contribution >= 0.6 is 12.2 Å². The Kier molecular flexibility index (Phi) is 1.87. The Balaban J connectivity index is 2.32. The van der Waals surface area contributed by atoms with Crippen molar-refractivity contribution < 1.29 is 0 Å². The second-order valence-electron chi connectivity index (χ2n) is 2.57. The summed E-state index contributed by atoms with van der Waals surface area (Å²) in [5.74, 6) is 0. The molecule has 1 aliphatic carbocycles. The molecule has 1 aliphatic rings. The average Bonchev–Trinajstić information content (AvgIpc) is 2.53. The summed E-state index contributed by atoms with van der Waals surface area (Å²) in [4.78, 5) is 0. The van der Waals surface area contributed by atoms with E-state index in [1.807, 2.05) is 12.2 Å². The van der Waals surface area contributed by atoms with Crippen molar-refractivity contribution in [2.24, 2.45) is 0 Å². The van der Waals surface area contributed by atoms with Crippen LogP contribution in [0, 0.1) is 4.77 Å². The topological polar surface area (TPSA) is 46.5 Å². The van der Waals surface area contributed by atoms with Crippen LogP contribution in [-0.2, 0) is 0 Å². The van der Waals surface area contributed by atoms with Gasteiger partial charge in [-0.25, -0.2) is 4.68 Å². The van der Waals surface area contributed by atoms with Crippen LogP contribution in [0.15, 0.2) is 24.3 Å². The fourth-order valence-electron chi connectivity index (χ4n) is 1.18. The van der Waals surface area contributed by atoms with Crippen molar-refractivity contribution in [2.75, 3.05) is 0 Å². The van der Waals surface area contributed by atoms with Gasteiger partial charge >= 0.3 is 0 Å². The van der Waals surface area contributed by atoms with Crippen molar-refractivity contribution in [3.05, 3.63) is 29.1 Å². The molecule has 0 radical (unpaired) electrons. The first-order valence-corrected chi connectivity index (χ1v) is 4.11. The molecular formula is C7H8N4S. The highest BCUT2D eigenvalue weighted by Gasteiger charge is 2.08. The van der Waals surface area contributed by atoms with Crippen LogP contribution in [-0.4, -0.2) is 20.2 Å². The van der Waals surface area contributed by atoms with Gasteiger partial charge in [-0.15, -0.1) is 0 Å². The number of nitrogens with zero attached hydrogens (tertiary/aromatic N) is 3. The van der Waals surface area contributed by atoms with Gasteiger partial charge in [-0.3, -0.25) is 0 Å². The molecular weight excluding hydrogens is 172 g/mol. The first kappa shape index (κ1) is 7.42. The van der Waals surface area contributed by atoms with Crippen molar-refractivity contribution in [2.45, 2.75) is 12.5 Å². The summed E-state index contributed by atoms with van der Waals surface area (Å²) in [5, 5.41) is 10.1. The van der Waals surface area contributed by atoms with Crippen LogP contribution in [0.4, 0.5) is 0 Å². The van der Waals surface area contributed by atoms with E-state index < -0.39 is 0 Å². The summed E-state index contributed by atoms with van der Waals surface area (Å²) in [6.45, 7) is 0. The zero-order valence-corrected chi connectivity index (χ0v) is 7.16. The van der Waals surface area contributed by atoms with Crippen molar-refractivity contribution >= 4 is 12.2 Å². The summed E-state index contributed by atoms with van der Waals surface area (Å²) in [6.07, 6.45) is 9.11. The molecule has 0 aliphatic heterocycles. The minimum absolute atomic E-state index is 0.248. The van der Waals surface area contributed by atoms with Crippen molar-refractivity contribution in [1.82, 2.24) is 20.2 Å². The second-order valence-corrected chi connectivity index (χ2v) is 2.93. The van der Waals surface area contributed by atoms with Crippen LogP contribution in [0.3, 0.4) is 0 Å². The Labute approximate surface area is 74.6 Å². The Morgan fingerprint density at radius 2 is 2.50 bits per heavy atom. The maximum absolute atomic E-state index is 4.97. The van der Waals surface area contributed by atoms with Crippen LogP contribution in [0.25, 0.3) is 0 Å². The van der Waals surface area contributed by atoms with Crippen molar-refractivity contribution in [3.8, 4) is 0 Å². The number of hydrogen-bond donors (Lipinski definition) is 1. The molecule has 1 heterocycles. The number of nitrogens with one attached hydrogen (secondary N) is 1. The lowest BCUT2D eigenvalue weighted by atomic mass is 10.1. The van der Waals surface area contributed by atoms with E-state index in [9.17, 15) is 0 Å². The highest BCUT2D eigenvalue weighted by Crippen LogP contribution is 2.15. The van der Waals surface area contributed by atoms with Crippen molar-refractivity contribution in [3.63, 3.8) is 0 Å². The van der Waals surface area contributed by atoms with Gasteiger partial charge < -0.3 is 0 Å². The molecule has 0 saturated carbocycles. The van der Waals surface area contributed by atoms with E-state index in [1.165, 1.54) is 0 Å². The van der Waals surface area contributed by atoms with E-state index in [0.29, 0.717) is 4.77 Å². The van der Waals surface area contributed by atoms with Gasteiger partial charge in [-0.1, -0.05) is 34.6 Å². The monoisotopic (exact) mass is 180 g/mol. The van der Waals surface area contributed by atoms with Crippen LogP contribution in [0.1, 0.15) is 12.5 Å². The predicted molar refractivity (Wildman–Crippen MR) is 47.1 cm³/mol. The molecule has 1 aromatic heterocycles. The number of aromatic amines is 1. The molecule has 5 heteroatoms. The third kappa shape index (κ3) is 1.23.